The number of piperidine rings is 1. The predicted octanol–water partition coefficient (Wildman–Crippen LogP) is 1.13. The van der Waals surface area contributed by atoms with Crippen molar-refractivity contribution in [3.63, 3.8) is 0 Å². The smallest absolute Gasteiger partial charge is 0.0392 e. The first-order valence-corrected chi connectivity index (χ1v) is 3.38. The van der Waals surface area contributed by atoms with Crippen LogP contribution in [-0.2, 0) is 0 Å². The molecule has 0 spiro atoms. The van der Waals surface area contributed by atoms with Gasteiger partial charge in [0.15, 0.2) is 0 Å². The van der Waals surface area contributed by atoms with E-state index >= 15 is 0 Å². The lowest BCUT2D eigenvalue weighted by Crippen LogP contribution is -2.30. The van der Waals surface area contributed by atoms with E-state index in [9.17, 15) is 0 Å². The summed E-state index contributed by atoms with van der Waals surface area (Å²) in [4.78, 5) is 2.26. The van der Waals surface area contributed by atoms with E-state index in [-0.39, 0.29) is 0 Å². The monoisotopic (exact) mass is 132 g/mol. The Balaban J connectivity index is 2.19. The van der Waals surface area contributed by atoms with Crippen LogP contribution < -0.4 is 0 Å². The first-order chi connectivity index (χ1) is 3.79. The minimum absolute atomic E-state index is 0.325. The van der Waals surface area contributed by atoms with Gasteiger partial charge in [0.2, 0.25) is 0 Å². The summed E-state index contributed by atoms with van der Waals surface area (Å²) in [7, 11) is 2.11. The van der Waals surface area contributed by atoms with Gasteiger partial charge in [0.05, 0.1) is 0 Å². The van der Waals surface area contributed by atoms with E-state index in [1.54, 1.807) is 0 Å². The molecule has 0 aromatic carbocycles. The first kappa shape index (κ1) is 6.37. The third-order valence-electron chi connectivity index (χ3n) is 1.46. The van der Waals surface area contributed by atoms with Crippen molar-refractivity contribution in [2.24, 2.45) is 0 Å². The summed E-state index contributed by atoms with van der Waals surface area (Å²) in [6.45, 7) is 2.19. The summed E-state index contributed by atoms with van der Waals surface area (Å²) >= 11 is 5.80. The Hall–Kier alpha value is 0.250. The van der Waals surface area contributed by atoms with Crippen LogP contribution in [0.5, 0.6) is 0 Å². The molecule has 47 valence electrons. The van der Waals surface area contributed by atoms with Crippen molar-refractivity contribution < 1.29 is 0 Å². The zero-order valence-electron chi connectivity index (χ0n) is 5.10. The van der Waals surface area contributed by atoms with Crippen LogP contribution in [0.1, 0.15) is 6.42 Å². The van der Waals surface area contributed by atoms with Gasteiger partial charge in [-0.25, -0.2) is 0 Å². The van der Waals surface area contributed by atoms with Gasteiger partial charge in [-0.05, 0) is 26.4 Å². The number of hydrogen-bond acceptors (Lipinski definition) is 1. The summed E-state index contributed by atoms with van der Waals surface area (Å²) in [6, 6.07) is 0. The summed E-state index contributed by atoms with van der Waals surface area (Å²) < 4.78 is 0. The maximum absolute atomic E-state index is 5.80. The molecule has 0 N–H and O–H groups in total. The SMILES string of the molecule is CN1C[CH]C(Cl)CC1. The molecule has 1 fully saturated rings. The van der Waals surface area contributed by atoms with Crippen LogP contribution in [0.25, 0.3) is 0 Å². The lowest BCUT2D eigenvalue weighted by atomic mass is 10.1. The zero-order chi connectivity index (χ0) is 5.98. The number of hydrogen-bond donors (Lipinski definition) is 0. The van der Waals surface area contributed by atoms with Gasteiger partial charge in [-0.2, -0.15) is 0 Å². The van der Waals surface area contributed by atoms with Gasteiger partial charge in [-0.15, -0.1) is 11.6 Å². The molecule has 1 aliphatic rings. The topological polar surface area (TPSA) is 3.24 Å². The van der Waals surface area contributed by atoms with E-state index in [0.29, 0.717) is 5.38 Å². The fourth-order valence-corrected chi connectivity index (χ4v) is 1.02. The summed E-state index contributed by atoms with van der Waals surface area (Å²) in [6.07, 6.45) is 3.25. The molecule has 1 aliphatic heterocycles. The van der Waals surface area contributed by atoms with Gasteiger partial charge in [-0.1, -0.05) is 0 Å². The second-order valence-electron chi connectivity index (χ2n) is 2.30. The standard InChI is InChI=1S/C6H11ClN/c1-8-4-2-6(7)3-5-8/h2,6H,3-5H2,1H3. The van der Waals surface area contributed by atoms with Crippen LogP contribution in [0.2, 0.25) is 0 Å². The second kappa shape index (κ2) is 2.70. The molecule has 2 heteroatoms. The molecule has 1 saturated heterocycles. The summed E-state index contributed by atoms with van der Waals surface area (Å²) in [5, 5.41) is 0.325. The van der Waals surface area contributed by atoms with Gasteiger partial charge in [0.25, 0.3) is 0 Å². The van der Waals surface area contributed by atoms with Crippen molar-refractivity contribution in [1.29, 1.82) is 0 Å². The fourth-order valence-electron chi connectivity index (χ4n) is 0.847. The number of alkyl halides is 1. The van der Waals surface area contributed by atoms with Crippen molar-refractivity contribution in [3.8, 4) is 0 Å². The lowest BCUT2D eigenvalue weighted by molar-refractivity contribution is 0.321. The van der Waals surface area contributed by atoms with E-state index in [1.165, 1.54) is 0 Å². The zero-order valence-corrected chi connectivity index (χ0v) is 5.86. The normalized spacial score (nSPS) is 26.2. The number of rotatable bonds is 0. The van der Waals surface area contributed by atoms with Crippen LogP contribution in [0.3, 0.4) is 0 Å². The maximum Gasteiger partial charge on any atom is 0.0392 e. The average Bonchev–Trinajstić information content (AvgIpc) is 1.77. The number of nitrogens with zero attached hydrogens (tertiary/aromatic N) is 1. The Labute approximate surface area is 55.6 Å². The molecule has 0 bridgehead atoms. The van der Waals surface area contributed by atoms with Crippen LogP contribution in [0.15, 0.2) is 0 Å². The van der Waals surface area contributed by atoms with Crippen LogP contribution in [0, 0.1) is 6.42 Å². The molecule has 0 aromatic heterocycles. The Morgan fingerprint density at radius 3 is 2.88 bits per heavy atom. The van der Waals surface area contributed by atoms with Gasteiger partial charge >= 0.3 is 0 Å². The van der Waals surface area contributed by atoms with Gasteiger partial charge < -0.3 is 4.90 Å². The minimum Gasteiger partial charge on any atom is -0.306 e. The van der Waals surface area contributed by atoms with Crippen molar-refractivity contribution in [3.05, 3.63) is 6.42 Å². The fraction of sp³-hybridized carbons (Fsp3) is 0.833. The van der Waals surface area contributed by atoms with Gasteiger partial charge in [0.1, 0.15) is 0 Å². The molecule has 1 heterocycles. The molecule has 0 saturated carbocycles. The molecule has 1 radical (unpaired) electrons. The Morgan fingerprint density at radius 2 is 2.50 bits per heavy atom. The first-order valence-electron chi connectivity index (χ1n) is 2.95. The molecule has 1 atom stereocenters. The van der Waals surface area contributed by atoms with Crippen molar-refractivity contribution in [2.45, 2.75) is 11.8 Å². The summed E-state index contributed by atoms with van der Waals surface area (Å²) in [5.74, 6) is 0. The minimum atomic E-state index is 0.325. The third-order valence-corrected chi connectivity index (χ3v) is 1.86. The highest BCUT2D eigenvalue weighted by Gasteiger charge is 2.12. The lowest BCUT2D eigenvalue weighted by Gasteiger charge is -2.24. The van der Waals surface area contributed by atoms with Crippen molar-refractivity contribution in [2.75, 3.05) is 20.1 Å². The van der Waals surface area contributed by atoms with E-state index in [4.69, 9.17) is 11.6 Å². The third kappa shape index (κ3) is 1.64. The molecule has 8 heavy (non-hydrogen) atoms. The highest BCUT2D eigenvalue weighted by Crippen LogP contribution is 2.12. The highest BCUT2D eigenvalue weighted by molar-refractivity contribution is 6.21. The average molecular weight is 133 g/mol. The van der Waals surface area contributed by atoms with Crippen LogP contribution in [0.4, 0.5) is 0 Å². The van der Waals surface area contributed by atoms with E-state index in [1.807, 2.05) is 0 Å². The Bertz CT molecular complexity index is 56.9. The van der Waals surface area contributed by atoms with Crippen molar-refractivity contribution >= 4 is 11.6 Å². The number of halogens is 1. The molecular formula is C6H11ClN. The maximum atomic E-state index is 5.80. The van der Waals surface area contributed by atoms with Crippen LogP contribution in [-0.4, -0.2) is 30.4 Å². The van der Waals surface area contributed by atoms with Crippen molar-refractivity contribution in [1.82, 2.24) is 4.90 Å². The molecular weight excluding hydrogens is 122 g/mol. The van der Waals surface area contributed by atoms with E-state index < -0.39 is 0 Å². The summed E-state index contributed by atoms with van der Waals surface area (Å²) in [5.41, 5.74) is 0. The highest BCUT2D eigenvalue weighted by atomic mass is 35.5. The van der Waals surface area contributed by atoms with E-state index in [0.717, 1.165) is 19.5 Å². The van der Waals surface area contributed by atoms with E-state index in [2.05, 4.69) is 18.4 Å². The largest absolute Gasteiger partial charge is 0.306 e. The molecule has 0 aromatic rings. The molecule has 1 unspecified atom stereocenters. The molecule has 1 nitrogen and oxygen atoms in total. The Kier molecular flexibility index (Phi) is 2.15. The van der Waals surface area contributed by atoms with Gasteiger partial charge in [0, 0.05) is 11.9 Å². The van der Waals surface area contributed by atoms with Crippen LogP contribution >= 0.6 is 11.6 Å². The quantitative estimate of drug-likeness (QED) is 0.447. The second-order valence-corrected chi connectivity index (χ2v) is 2.86. The predicted molar refractivity (Wildman–Crippen MR) is 36.1 cm³/mol. The molecule has 0 aliphatic carbocycles. The molecule has 0 amide bonds. The number of likely N-dealkylation sites (tertiary alicyclic amines) is 1. The van der Waals surface area contributed by atoms with Gasteiger partial charge in [-0.3, -0.25) is 0 Å². The Morgan fingerprint density at radius 1 is 1.75 bits per heavy atom. The molecule has 1 rings (SSSR count).